The molecule has 0 spiro atoms. The van der Waals surface area contributed by atoms with E-state index in [-0.39, 0.29) is 0 Å². The van der Waals surface area contributed by atoms with E-state index in [2.05, 4.69) is 15.1 Å². The predicted molar refractivity (Wildman–Crippen MR) is 86.7 cm³/mol. The fraction of sp³-hybridized carbons (Fsp3) is 0.0556. The zero-order valence-electron chi connectivity index (χ0n) is 12.8. The standard InChI is InChI=1S/C18H11F3N4/c19-18(20,21)14-3-1-2-13(10-14)15-4-5-17-23-11-16(25(17)24-15)12-6-8-22-9-7-12/h1-11H. The van der Waals surface area contributed by atoms with Crippen LogP contribution in [0.3, 0.4) is 0 Å². The third kappa shape index (κ3) is 2.84. The second kappa shape index (κ2) is 5.70. The van der Waals surface area contributed by atoms with Crippen molar-refractivity contribution in [3.63, 3.8) is 0 Å². The van der Waals surface area contributed by atoms with E-state index in [1.807, 2.05) is 12.1 Å². The maximum absolute atomic E-state index is 12.9. The molecular formula is C18H11F3N4. The Kier molecular flexibility index (Phi) is 3.49. The molecule has 1 aromatic carbocycles. The van der Waals surface area contributed by atoms with Crippen LogP contribution in [0.5, 0.6) is 0 Å². The molecule has 124 valence electrons. The Balaban J connectivity index is 1.85. The lowest BCUT2D eigenvalue weighted by atomic mass is 10.1. The van der Waals surface area contributed by atoms with Gasteiger partial charge in [-0.15, -0.1) is 0 Å². The van der Waals surface area contributed by atoms with E-state index in [1.165, 1.54) is 6.07 Å². The van der Waals surface area contributed by atoms with Gasteiger partial charge in [0.25, 0.3) is 0 Å². The molecule has 4 aromatic rings. The molecule has 0 saturated carbocycles. The summed E-state index contributed by atoms with van der Waals surface area (Å²) in [6.45, 7) is 0. The van der Waals surface area contributed by atoms with Crippen LogP contribution in [0.25, 0.3) is 28.2 Å². The molecule has 4 nitrogen and oxygen atoms in total. The van der Waals surface area contributed by atoms with Gasteiger partial charge in [-0.2, -0.15) is 18.3 Å². The molecule has 0 fully saturated rings. The van der Waals surface area contributed by atoms with Crippen LogP contribution in [-0.2, 0) is 6.18 Å². The Bertz CT molecular complexity index is 1040. The van der Waals surface area contributed by atoms with E-state index in [9.17, 15) is 13.2 Å². The molecule has 25 heavy (non-hydrogen) atoms. The van der Waals surface area contributed by atoms with Gasteiger partial charge in [0.05, 0.1) is 23.1 Å². The first-order chi connectivity index (χ1) is 12.0. The Morgan fingerprint density at radius 1 is 0.880 bits per heavy atom. The second-order valence-electron chi connectivity index (χ2n) is 5.45. The first-order valence-corrected chi connectivity index (χ1v) is 7.45. The van der Waals surface area contributed by atoms with E-state index in [0.717, 1.165) is 23.4 Å². The summed E-state index contributed by atoms with van der Waals surface area (Å²) >= 11 is 0. The molecule has 0 N–H and O–H groups in total. The SMILES string of the molecule is FC(F)(F)c1cccc(-c2ccc3ncc(-c4ccncc4)n3n2)c1. The molecule has 0 aliphatic heterocycles. The Morgan fingerprint density at radius 2 is 1.68 bits per heavy atom. The molecule has 0 bridgehead atoms. The largest absolute Gasteiger partial charge is 0.416 e. The fourth-order valence-corrected chi connectivity index (χ4v) is 2.60. The highest BCUT2D eigenvalue weighted by atomic mass is 19.4. The molecule has 4 rings (SSSR count). The minimum Gasteiger partial charge on any atom is -0.265 e. The summed E-state index contributed by atoms with van der Waals surface area (Å²) in [7, 11) is 0. The highest BCUT2D eigenvalue weighted by Gasteiger charge is 2.30. The van der Waals surface area contributed by atoms with Gasteiger partial charge in [0.2, 0.25) is 0 Å². The second-order valence-corrected chi connectivity index (χ2v) is 5.45. The maximum atomic E-state index is 12.9. The van der Waals surface area contributed by atoms with Crippen molar-refractivity contribution in [1.82, 2.24) is 19.6 Å². The number of alkyl halides is 3. The van der Waals surface area contributed by atoms with Gasteiger partial charge in [-0.05, 0) is 36.4 Å². The number of benzene rings is 1. The summed E-state index contributed by atoms with van der Waals surface area (Å²) in [6.07, 6.45) is 0.599. The monoisotopic (exact) mass is 340 g/mol. The minimum absolute atomic E-state index is 0.395. The lowest BCUT2D eigenvalue weighted by Gasteiger charge is -2.09. The van der Waals surface area contributed by atoms with E-state index in [1.54, 1.807) is 41.3 Å². The third-order valence-electron chi connectivity index (χ3n) is 3.82. The van der Waals surface area contributed by atoms with Crippen LogP contribution in [0.4, 0.5) is 13.2 Å². The summed E-state index contributed by atoms with van der Waals surface area (Å²) in [5.74, 6) is 0. The van der Waals surface area contributed by atoms with Gasteiger partial charge in [0, 0.05) is 23.5 Å². The number of hydrogen-bond acceptors (Lipinski definition) is 3. The Morgan fingerprint density at radius 3 is 2.44 bits per heavy atom. The summed E-state index contributed by atoms with van der Waals surface area (Å²) in [5.41, 5.74) is 2.36. The highest BCUT2D eigenvalue weighted by molar-refractivity contribution is 5.66. The van der Waals surface area contributed by atoms with Gasteiger partial charge >= 0.3 is 6.18 Å². The molecule has 0 aliphatic carbocycles. The number of nitrogens with zero attached hydrogens (tertiary/aromatic N) is 4. The zero-order valence-corrected chi connectivity index (χ0v) is 12.8. The van der Waals surface area contributed by atoms with Crippen LogP contribution in [0, 0.1) is 0 Å². The van der Waals surface area contributed by atoms with Crippen molar-refractivity contribution in [3.05, 3.63) is 72.7 Å². The van der Waals surface area contributed by atoms with E-state index in [0.29, 0.717) is 16.9 Å². The van der Waals surface area contributed by atoms with Crippen molar-refractivity contribution in [2.45, 2.75) is 6.18 Å². The van der Waals surface area contributed by atoms with E-state index in [4.69, 9.17) is 0 Å². The van der Waals surface area contributed by atoms with Crippen LogP contribution in [0.15, 0.2) is 67.1 Å². The van der Waals surface area contributed by atoms with Crippen LogP contribution in [0.1, 0.15) is 5.56 Å². The number of halogens is 3. The number of rotatable bonds is 2. The van der Waals surface area contributed by atoms with E-state index >= 15 is 0 Å². The van der Waals surface area contributed by atoms with Crippen LogP contribution >= 0.6 is 0 Å². The number of hydrogen-bond donors (Lipinski definition) is 0. The molecule has 0 radical (unpaired) electrons. The molecule has 7 heteroatoms. The zero-order chi connectivity index (χ0) is 17.4. The van der Waals surface area contributed by atoms with Gasteiger partial charge in [0.1, 0.15) is 0 Å². The van der Waals surface area contributed by atoms with Gasteiger partial charge in [-0.1, -0.05) is 12.1 Å². The van der Waals surface area contributed by atoms with Crippen LogP contribution < -0.4 is 0 Å². The van der Waals surface area contributed by atoms with Gasteiger partial charge < -0.3 is 0 Å². The third-order valence-corrected chi connectivity index (χ3v) is 3.82. The molecule has 3 heterocycles. The Labute approximate surface area is 140 Å². The summed E-state index contributed by atoms with van der Waals surface area (Å²) in [6, 6.07) is 12.2. The Hall–Kier alpha value is -3.22. The molecule has 0 saturated heterocycles. The highest BCUT2D eigenvalue weighted by Crippen LogP contribution is 2.32. The number of fused-ring (bicyclic) bond motifs is 1. The van der Waals surface area contributed by atoms with Crippen LogP contribution in [-0.4, -0.2) is 19.6 Å². The van der Waals surface area contributed by atoms with Gasteiger partial charge in [-0.25, -0.2) is 9.50 Å². The quantitative estimate of drug-likeness (QED) is 0.540. The molecular weight excluding hydrogens is 329 g/mol. The van der Waals surface area contributed by atoms with E-state index < -0.39 is 11.7 Å². The average Bonchev–Trinajstić information content (AvgIpc) is 3.05. The number of aromatic nitrogens is 4. The van der Waals surface area contributed by atoms with Crippen LogP contribution in [0.2, 0.25) is 0 Å². The molecule has 0 atom stereocenters. The first-order valence-electron chi connectivity index (χ1n) is 7.45. The smallest absolute Gasteiger partial charge is 0.265 e. The maximum Gasteiger partial charge on any atom is 0.416 e. The van der Waals surface area contributed by atoms with Gasteiger partial charge in [0.15, 0.2) is 5.65 Å². The normalized spacial score (nSPS) is 11.8. The van der Waals surface area contributed by atoms with Crippen molar-refractivity contribution in [2.24, 2.45) is 0 Å². The first kappa shape index (κ1) is 15.3. The summed E-state index contributed by atoms with van der Waals surface area (Å²) in [4.78, 5) is 8.26. The van der Waals surface area contributed by atoms with Crippen molar-refractivity contribution in [3.8, 4) is 22.5 Å². The lowest BCUT2D eigenvalue weighted by molar-refractivity contribution is -0.137. The molecule has 3 aromatic heterocycles. The van der Waals surface area contributed by atoms with Crippen molar-refractivity contribution >= 4 is 5.65 Å². The predicted octanol–water partition coefficient (Wildman–Crippen LogP) is 4.48. The molecule has 0 unspecified atom stereocenters. The lowest BCUT2D eigenvalue weighted by Crippen LogP contribution is -2.05. The minimum atomic E-state index is -4.39. The molecule has 0 amide bonds. The fourth-order valence-electron chi connectivity index (χ4n) is 2.60. The topological polar surface area (TPSA) is 43.1 Å². The number of pyridine rings is 1. The van der Waals surface area contributed by atoms with Crippen molar-refractivity contribution in [1.29, 1.82) is 0 Å². The van der Waals surface area contributed by atoms with Gasteiger partial charge in [-0.3, -0.25) is 4.98 Å². The summed E-state index contributed by atoms with van der Waals surface area (Å²) in [5, 5.41) is 4.47. The molecule has 0 aliphatic rings. The number of imidazole rings is 1. The average molecular weight is 340 g/mol. The summed E-state index contributed by atoms with van der Waals surface area (Å²) < 4.78 is 40.4. The van der Waals surface area contributed by atoms with Crippen molar-refractivity contribution < 1.29 is 13.2 Å². The van der Waals surface area contributed by atoms with Crippen molar-refractivity contribution in [2.75, 3.05) is 0 Å².